The highest BCUT2D eigenvalue weighted by Crippen LogP contribution is 2.45. The van der Waals surface area contributed by atoms with Gasteiger partial charge in [-0.15, -0.1) is 11.3 Å². The maximum Gasteiger partial charge on any atom is 0.162 e. The van der Waals surface area contributed by atoms with Crippen molar-refractivity contribution in [1.82, 2.24) is 14.5 Å². The molecular weight excluding hydrogens is 555 g/mol. The number of rotatable bonds is 2. The van der Waals surface area contributed by atoms with Crippen LogP contribution in [-0.4, -0.2) is 14.5 Å². The third kappa shape index (κ3) is 3.26. The van der Waals surface area contributed by atoms with Crippen molar-refractivity contribution < 1.29 is 0 Å². The van der Waals surface area contributed by atoms with E-state index in [9.17, 15) is 0 Å². The fourth-order valence-electron chi connectivity index (χ4n) is 7.04. The van der Waals surface area contributed by atoms with Gasteiger partial charge in [-0.05, 0) is 50.5 Å². The van der Waals surface area contributed by atoms with Crippen LogP contribution in [0.5, 0.6) is 0 Å². The first kappa shape index (κ1) is 23.9. The van der Waals surface area contributed by atoms with Gasteiger partial charge in [0.2, 0.25) is 0 Å². The molecule has 10 aromatic rings. The van der Waals surface area contributed by atoms with Crippen molar-refractivity contribution in [3.63, 3.8) is 0 Å². The highest BCUT2D eigenvalue weighted by Gasteiger charge is 2.23. The van der Waals surface area contributed by atoms with Gasteiger partial charge in [0.1, 0.15) is 0 Å². The van der Waals surface area contributed by atoms with Crippen LogP contribution in [0.3, 0.4) is 0 Å². The Morgan fingerprint density at radius 2 is 0.977 bits per heavy atom. The molecule has 0 fully saturated rings. The van der Waals surface area contributed by atoms with E-state index in [1.54, 1.807) is 11.3 Å². The molecule has 0 amide bonds. The van der Waals surface area contributed by atoms with Crippen LogP contribution in [0.25, 0.3) is 91.6 Å². The van der Waals surface area contributed by atoms with Gasteiger partial charge in [-0.25, -0.2) is 9.97 Å². The Morgan fingerprint density at radius 1 is 0.455 bits per heavy atom. The fourth-order valence-corrected chi connectivity index (χ4v) is 8.17. The zero-order chi connectivity index (χ0) is 28.8. The summed E-state index contributed by atoms with van der Waals surface area (Å²) in [4.78, 5) is 10.7. The molecule has 0 atom stereocenters. The van der Waals surface area contributed by atoms with Crippen LogP contribution in [-0.2, 0) is 0 Å². The van der Waals surface area contributed by atoms with Crippen molar-refractivity contribution in [3.05, 3.63) is 140 Å². The van der Waals surface area contributed by atoms with Gasteiger partial charge in [0.15, 0.2) is 11.6 Å². The molecule has 3 nitrogen and oxygen atoms in total. The molecule has 0 aliphatic heterocycles. The van der Waals surface area contributed by atoms with Gasteiger partial charge < -0.3 is 0 Å². The number of benzene rings is 7. The van der Waals surface area contributed by atoms with Crippen LogP contribution >= 0.6 is 11.3 Å². The number of aromatic nitrogens is 3. The van der Waals surface area contributed by atoms with Gasteiger partial charge in [-0.2, -0.15) is 0 Å². The third-order valence-corrected chi connectivity index (χ3v) is 10.1. The van der Waals surface area contributed by atoms with Gasteiger partial charge in [-0.1, -0.05) is 121 Å². The van der Waals surface area contributed by atoms with Crippen molar-refractivity contribution >= 4 is 85.8 Å². The SMILES string of the molecule is c1ccc(-c2nc(-n3c4ccc5ccccc5c4c4c5ccccc5ccc43)c3sc4ccc5ccccc5c4c3n2)cc1. The highest BCUT2D eigenvalue weighted by molar-refractivity contribution is 7.26. The Kier molecular flexibility index (Phi) is 4.87. The summed E-state index contributed by atoms with van der Waals surface area (Å²) in [6, 6.07) is 49.9. The van der Waals surface area contributed by atoms with Crippen molar-refractivity contribution in [2.24, 2.45) is 0 Å². The number of thiophene rings is 1. The molecule has 0 N–H and O–H groups in total. The Morgan fingerprint density at radius 3 is 1.59 bits per heavy atom. The molecular formula is C40H23N3S. The molecule has 10 rings (SSSR count). The molecule has 7 aromatic carbocycles. The molecule has 0 aliphatic carbocycles. The van der Waals surface area contributed by atoms with Crippen LogP contribution in [0.4, 0.5) is 0 Å². The number of hydrogen-bond donors (Lipinski definition) is 0. The van der Waals surface area contributed by atoms with Crippen LogP contribution in [0.15, 0.2) is 140 Å². The highest BCUT2D eigenvalue weighted by atomic mass is 32.1. The van der Waals surface area contributed by atoms with Gasteiger partial charge >= 0.3 is 0 Å². The summed E-state index contributed by atoms with van der Waals surface area (Å²) in [6.45, 7) is 0. The van der Waals surface area contributed by atoms with E-state index in [4.69, 9.17) is 9.97 Å². The molecule has 0 saturated heterocycles. The molecule has 4 heteroatoms. The summed E-state index contributed by atoms with van der Waals surface area (Å²) < 4.78 is 4.70. The normalized spacial score (nSPS) is 12.1. The molecule has 3 heterocycles. The van der Waals surface area contributed by atoms with E-state index in [-0.39, 0.29) is 0 Å². The third-order valence-electron chi connectivity index (χ3n) is 8.98. The standard InChI is InChI=1S/C40H23N3S/c1-2-13-27(14-3-1)39-41-37-36-30-17-9-6-12-26(30)20-23-33(36)44-38(37)40(42-39)43-31-21-18-24-10-4-7-15-28(24)34(31)35-29-16-8-5-11-25(29)19-22-32(35)43/h1-23H. The molecule has 0 spiro atoms. The zero-order valence-corrected chi connectivity index (χ0v) is 24.3. The summed E-state index contributed by atoms with van der Waals surface area (Å²) in [5.74, 6) is 1.65. The predicted molar refractivity (Wildman–Crippen MR) is 187 cm³/mol. The monoisotopic (exact) mass is 577 g/mol. The second-order valence-corrected chi connectivity index (χ2v) is 12.4. The van der Waals surface area contributed by atoms with E-state index in [1.807, 2.05) is 6.07 Å². The van der Waals surface area contributed by atoms with Crippen molar-refractivity contribution in [1.29, 1.82) is 0 Å². The summed E-state index contributed by atoms with van der Waals surface area (Å²) >= 11 is 1.78. The van der Waals surface area contributed by atoms with Crippen molar-refractivity contribution in [3.8, 4) is 17.2 Å². The Balaban J connectivity index is 1.45. The van der Waals surface area contributed by atoms with Gasteiger partial charge in [0, 0.05) is 26.4 Å². The van der Waals surface area contributed by atoms with E-state index < -0.39 is 0 Å². The second-order valence-electron chi connectivity index (χ2n) is 11.4. The van der Waals surface area contributed by atoms with Crippen LogP contribution in [0.2, 0.25) is 0 Å². The van der Waals surface area contributed by atoms with Crippen LogP contribution in [0.1, 0.15) is 0 Å². The first-order chi connectivity index (χ1) is 21.8. The Labute approximate surface area is 256 Å². The summed E-state index contributed by atoms with van der Waals surface area (Å²) in [5.41, 5.74) is 4.31. The molecule has 44 heavy (non-hydrogen) atoms. The van der Waals surface area contributed by atoms with Crippen LogP contribution < -0.4 is 0 Å². The van der Waals surface area contributed by atoms with E-state index in [2.05, 4.69) is 138 Å². The number of fused-ring (bicyclic) bond motifs is 12. The van der Waals surface area contributed by atoms with E-state index in [0.717, 1.165) is 38.5 Å². The average molecular weight is 578 g/mol. The van der Waals surface area contributed by atoms with E-state index in [1.165, 1.54) is 53.2 Å². The lowest BCUT2D eigenvalue weighted by Crippen LogP contribution is -2.01. The first-order valence-corrected chi connectivity index (χ1v) is 15.7. The molecule has 3 aromatic heterocycles. The predicted octanol–water partition coefficient (Wildman–Crippen LogP) is 11.1. The lowest BCUT2D eigenvalue weighted by atomic mass is 10.00. The lowest BCUT2D eigenvalue weighted by molar-refractivity contribution is 1.08. The minimum atomic E-state index is 0.734. The van der Waals surface area contributed by atoms with E-state index in [0.29, 0.717) is 0 Å². The quantitative estimate of drug-likeness (QED) is 0.205. The van der Waals surface area contributed by atoms with Crippen molar-refractivity contribution in [2.45, 2.75) is 0 Å². The van der Waals surface area contributed by atoms with E-state index >= 15 is 0 Å². The first-order valence-electron chi connectivity index (χ1n) is 14.8. The second kappa shape index (κ2) is 8.96. The minimum Gasteiger partial charge on any atom is -0.292 e. The Bertz CT molecular complexity index is 2680. The average Bonchev–Trinajstić information content (AvgIpc) is 3.65. The molecule has 0 radical (unpaired) electrons. The van der Waals surface area contributed by atoms with Crippen LogP contribution in [0, 0.1) is 0 Å². The van der Waals surface area contributed by atoms with Gasteiger partial charge in [0.25, 0.3) is 0 Å². The summed E-state index contributed by atoms with van der Waals surface area (Å²) in [7, 11) is 0. The van der Waals surface area contributed by atoms with Gasteiger partial charge in [-0.3, -0.25) is 4.57 Å². The summed E-state index contributed by atoms with van der Waals surface area (Å²) in [6.07, 6.45) is 0. The van der Waals surface area contributed by atoms with Crippen molar-refractivity contribution in [2.75, 3.05) is 0 Å². The topological polar surface area (TPSA) is 30.7 Å². The fraction of sp³-hybridized carbons (Fsp3) is 0. The molecule has 0 unspecified atom stereocenters. The molecule has 204 valence electrons. The van der Waals surface area contributed by atoms with Gasteiger partial charge in [0.05, 0.1) is 21.3 Å². The molecule has 0 bridgehead atoms. The minimum absolute atomic E-state index is 0.734. The smallest absolute Gasteiger partial charge is 0.162 e. The molecule has 0 aliphatic rings. The zero-order valence-electron chi connectivity index (χ0n) is 23.5. The lowest BCUT2D eigenvalue weighted by Gasteiger charge is -2.11. The maximum atomic E-state index is 5.41. The largest absolute Gasteiger partial charge is 0.292 e. The maximum absolute atomic E-state index is 5.41. The summed E-state index contributed by atoms with van der Waals surface area (Å²) in [5, 5.41) is 11.1. The molecule has 0 saturated carbocycles. The Hall–Kier alpha value is -5.58. The number of hydrogen-bond acceptors (Lipinski definition) is 3. The number of nitrogens with zero attached hydrogens (tertiary/aromatic N) is 3.